The SMILES string of the molecule is CSCc1cc(C(=O)N2CC[C@@H](N)C2)ccc1F. The van der Waals surface area contributed by atoms with E-state index in [2.05, 4.69) is 0 Å². The average molecular weight is 268 g/mol. The fourth-order valence-corrected chi connectivity index (χ4v) is 2.66. The van der Waals surface area contributed by atoms with Crippen LogP contribution in [-0.2, 0) is 5.75 Å². The van der Waals surface area contributed by atoms with Gasteiger partial charge in [-0.1, -0.05) is 0 Å². The number of benzene rings is 1. The Labute approximate surface area is 111 Å². The van der Waals surface area contributed by atoms with Crippen LogP contribution in [-0.4, -0.2) is 36.2 Å². The van der Waals surface area contributed by atoms with Crippen molar-refractivity contribution in [2.45, 2.75) is 18.2 Å². The lowest BCUT2D eigenvalue weighted by atomic mass is 10.1. The summed E-state index contributed by atoms with van der Waals surface area (Å²) in [5.74, 6) is 0.274. The fourth-order valence-electron chi connectivity index (χ4n) is 2.13. The van der Waals surface area contributed by atoms with Crippen molar-refractivity contribution < 1.29 is 9.18 Å². The Morgan fingerprint density at radius 1 is 1.61 bits per heavy atom. The highest BCUT2D eigenvalue weighted by molar-refractivity contribution is 7.97. The molecular weight excluding hydrogens is 251 g/mol. The van der Waals surface area contributed by atoms with Gasteiger partial charge in [-0.3, -0.25) is 4.79 Å². The molecule has 1 amide bonds. The summed E-state index contributed by atoms with van der Waals surface area (Å²) in [4.78, 5) is 13.9. The van der Waals surface area contributed by atoms with Crippen LogP contribution in [0.1, 0.15) is 22.3 Å². The molecule has 1 saturated heterocycles. The van der Waals surface area contributed by atoms with Crippen molar-refractivity contribution in [2.75, 3.05) is 19.3 Å². The lowest BCUT2D eigenvalue weighted by Crippen LogP contribution is -2.31. The number of hydrogen-bond acceptors (Lipinski definition) is 3. The van der Waals surface area contributed by atoms with E-state index in [1.54, 1.807) is 17.0 Å². The molecule has 1 aliphatic heterocycles. The van der Waals surface area contributed by atoms with Gasteiger partial charge in [0, 0.05) is 30.4 Å². The van der Waals surface area contributed by atoms with Crippen LogP contribution in [0.2, 0.25) is 0 Å². The van der Waals surface area contributed by atoms with E-state index in [1.165, 1.54) is 17.8 Å². The third kappa shape index (κ3) is 2.84. The molecule has 1 fully saturated rings. The van der Waals surface area contributed by atoms with Crippen molar-refractivity contribution in [2.24, 2.45) is 5.73 Å². The van der Waals surface area contributed by atoms with Gasteiger partial charge >= 0.3 is 0 Å². The molecule has 0 spiro atoms. The molecule has 18 heavy (non-hydrogen) atoms. The lowest BCUT2D eigenvalue weighted by Gasteiger charge is -2.16. The first-order chi connectivity index (χ1) is 8.61. The molecular formula is C13H17FN2OS. The molecule has 0 aliphatic carbocycles. The second-order valence-electron chi connectivity index (χ2n) is 4.54. The lowest BCUT2D eigenvalue weighted by molar-refractivity contribution is 0.0790. The number of amides is 1. The molecule has 0 radical (unpaired) electrons. The zero-order valence-corrected chi connectivity index (χ0v) is 11.2. The Morgan fingerprint density at radius 2 is 2.39 bits per heavy atom. The molecule has 2 N–H and O–H groups in total. The number of halogens is 1. The molecule has 98 valence electrons. The topological polar surface area (TPSA) is 46.3 Å². The van der Waals surface area contributed by atoms with Gasteiger partial charge in [0.1, 0.15) is 5.82 Å². The van der Waals surface area contributed by atoms with E-state index in [9.17, 15) is 9.18 Å². The quantitative estimate of drug-likeness (QED) is 0.910. The number of thioether (sulfide) groups is 1. The van der Waals surface area contributed by atoms with Crippen LogP contribution in [0.3, 0.4) is 0 Å². The first-order valence-electron chi connectivity index (χ1n) is 5.94. The molecule has 0 saturated carbocycles. The summed E-state index contributed by atoms with van der Waals surface area (Å²) in [5.41, 5.74) is 6.92. The number of hydrogen-bond donors (Lipinski definition) is 1. The van der Waals surface area contributed by atoms with Crippen molar-refractivity contribution in [1.82, 2.24) is 4.90 Å². The van der Waals surface area contributed by atoms with E-state index in [1.807, 2.05) is 6.26 Å². The molecule has 2 rings (SSSR count). The summed E-state index contributed by atoms with van der Waals surface area (Å²) >= 11 is 1.54. The zero-order chi connectivity index (χ0) is 13.1. The molecule has 1 aromatic carbocycles. The van der Waals surface area contributed by atoms with Crippen molar-refractivity contribution in [3.63, 3.8) is 0 Å². The number of rotatable bonds is 3. The Bertz CT molecular complexity index is 453. The van der Waals surface area contributed by atoms with Crippen molar-refractivity contribution in [1.29, 1.82) is 0 Å². The highest BCUT2D eigenvalue weighted by Gasteiger charge is 2.24. The maximum Gasteiger partial charge on any atom is 0.253 e. The molecule has 1 aromatic rings. The number of nitrogens with two attached hydrogens (primary N) is 1. The van der Waals surface area contributed by atoms with Crippen LogP contribution in [0.5, 0.6) is 0 Å². The summed E-state index contributed by atoms with van der Waals surface area (Å²) in [6.45, 7) is 1.28. The van der Waals surface area contributed by atoms with Gasteiger partial charge in [-0.2, -0.15) is 11.8 Å². The van der Waals surface area contributed by atoms with Crippen LogP contribution in [0.4, 0.5) is 4.39 Å². The number of carbonyl (C=O) groups is 1. The molecule has 3 nitrogen and oxygen atoms in total. The number of likely N-dealkylation sites (tertiary alicyclic amines) is 1. The Balaban J connectivity index is 2.17. The summed E-state index contributed by atoms with van der Waals surface area (Å²) in [6, 6.07) is 4.64. The van der Waals surface area contributed by atoms with Gasteiger partial charge in [0.05, 0.1) is 0 Å². The normalized spacial score (nSPS) is 19.3. The van der Waals surface area contributed by atoms with Crippen LogP contribution < -0.4 is 5.73 Å². The van der Waals surface area contributed by atoms with Gasteiger partial charge in [-0.15, -0.1) is 0 Å². The van der Waals surface area contributed by atoms with Crippen LogP contribution in [0.25, 0.3) is 0 Å². The number of carbonyl (C=O) groups excluding carboxylic acids is 1. The van der Waals surface area contributed by atoms with E-state index in [0.29, 0.717) is 30.0 Å². The molecule has 0 aromatic heterocycles. The predicted octanol–water partition coefficient (Wildman–Crippen LogP) is 1.86. The second-order valence-corrected chi connectivity index (χ2v) is 5.41. The number of nitrogens with zero attached hydrogens (tertiary/aromatic N) is 1. The zero-order valence-electron chi connectivity index (χ0n) is 10.4. The summed E-state index contributed by atoms with van der Waals surface area (Å²) in [6.07, 6.45) is 2.75. The molecule has 1 heterocycles. The second kappa shape index (κ2) is 5.71. The third-order valence-electron chi connectivity index (χ3n) is 3.10. The minimum absolute atomic E-state index is 0.0506. The maximum atomic E-state index is 13.5. The van der Waals surface area contributed by atoms with E-state index in [4.69, 9.17) is 5.73 Å². The van der Waals surface area contributed by atoms with E-state index >= 15 is 0 Å². The first-order valence-corrected chi connectivity index (χ1v) is 7.33. The molecule has 1 atom stereocenters. The Kier molecular flexibility index (Phi) is 4.24. The molecule has 5 heteroatoms. The van der Waals surface area contributed by atoms with Gasteiger partial charge in [-0.05, 0) is 36.4 Å². The predicted molar refractivity (Wildman–Crippen MR) is 72.1 cm³/mol. The summed E-state index contributed by atoms with van der Waals surface area (Å²) in [5, 5.41) is 0. The van der Waals surface area contributed by atoms with Crippen LogP contribution in [0.15, 0.2) is 18.2 Å². The van der Waals surface area contributed by atoms with Gasteiger partial charge in [0.2, 0.25) is 0 Å². The summed E-state index contributed by atoms with van der Waals surface area (Å²) in [7, 11) is 0. The van der Waals surface area contributed by atoms with Gasteiger partial charge in [0.15, 0.2) is 0 Å². The highest BCUT2D eigenvalue weighted by Crippen LogP contribution is 2.18. The van der Waals surface area contributed by atoms with Crippen LogP contribution >= 0.6 is 11.8 Å². The average Bonchev–Trinajstić information content (AvgIpc) is 2.78. The maximum absolute atomic E-state index is 13.5. The Morgan fingerprint density at radius 3 is 3.00 bits per heavy atom. The van der Waals surface area contributed by atoms with Crippen molar-refractivity contribution >= 4 is 17.7 Å². The third-order valence-corrected chi connectivity index (χ3v) is 3.70. The van der Waals surface area contributed by atoms with Crippen molar-refractivity contribution in [3.8, 4) is 0 Å². The van der Waals surface area contributed by atoms with Crippen molar-refractivity contribution in [3.05, 3.63) is 35.1 Å². The molecule has 0 unspecified atom stereocenters. The van der Waals surface area contributed by atoms with Gasteiger partial charge in [0.25, 0.3) is 5.91 Å². The summed E-state index contributed by atoms with van der Waals surface area (Å²) < 4.78 is 13.5. The minimum atomic E-state index is -0.251. The Hall–Kier alpha value is -1.07. The van der Waals surface area contributed by atoms with E-state index < -0.39 is 0 Å². The first kappa shape index (κ1) is 13.4. The van der Waals surface area contributed by atoms with E-state index in [0.717, 1.165) is 6.42 Å². The fraction of sp³-hybridized carbons (Fsp3) is 0.462. The highest BCUT2D eigenvalue weighted by atomic mass is 32.2. The van der Waals surface area contributed by atoms with Crippen LogP contribution in [0, 0.1) is 5.82 Å². The largest absolute Gasteiger partial charge is 0.337 e. The molecule has 1 aliphatic rings. The monoisotopic (exact) mass is 268 g/mol. The smallest absolute Gasteiger partial charge is 0.253 e. The standard InChI is InChI=1S/C13H17FN2OS/c1-18-8-10-6-9(2-3-12(10)14)13(17)16-5-4-11(15)7-16/h2-3,6,11H,4-5,7-8,15H2,1H3/t11-/m1/s1. The van der Waals surface area contributed by atoms with Gasteiger partial charge < -0.3 is 10.6 Å². The minimum Gasteiger partial charge on any atom is -0.337 e. The van der Waals surface area contributed by atoms with Gasteiger partial charge in [-0.25, -0.2) is 4.39 Å². The molecule has 0 bridgehead atoms. The van der Waals surface area contributed by atoms with E-state index in [-0.39, 0.29) is 17.8 Å².